The average molecular weight is 315 g/mol. The van der Waals surface area contributed by atoms with E-state index in [4.69, 9.17) is 28.9 Å². The fourth-order valence-corrected chi connectivity index (χ4v) is 3.21. The SMILES string of the molecule is CC1CCC(NC(=O)c2cc(N)c(Cl)c(Cl)c2)C(C)C1. The second kappa shape index (κ2) is 6.23. The van der Waals surface area contributed by atoms with Gasteiger partial charge in [0.15, 0.2) is 0 Å². The van der Waals surface area contributed by atoms with Crippen molar-refractivity contribution in [3.05, 3.63) is 27.7 Å². The predicted octanol–water partition coefficient (Wildman–Crippen LogP) is 4.13. The molecule has 20 heavy (non-hydrogen) atoms. The fourth-order valence-electron chi connectivity index (χ4n) is 2.87. The van der Waals surface area contributed by atoms with Crippen molar-refractivity contribution in [1.82, 2.24) is 5.32 Å². The highest BCUT2D eigenvalue weighted by atomic mass is 35.5. The maximum atomic E-state index is 12.3. The van der Waals surface area contributed by atoms with E-state index < -0.39 is 0 Å². The Balaban J connectivity index is 2.09. The van der Waals surface area contributed by atoms with Gasteiger partial charge >= 0.3 is 0 Å². The van der Waals surface area contributed by atoms with Crippen LogP contribution in [0.15, 0.2) is 12.1 Å². The normalized spacial score (nSPS) is 26.3. The summed E-state index contributed by atoms with van der Waals surface area (Å²) in [6.07, 6.45) is 3.32. The second-order valence-electron chi connectivity index (χ2n) is 5.84. The van der Waals surface area contributed by atoms with Gasteiger partial charge in [-0.2, -0.15) is 0 Å². The summed E-state index contributed by atoms with van der Waals surface area (Å²) in [5.41, 5.74) is 6.53. The van der Waals surface area contributed by atoms with Crippen LogP contribution in [0.2, 0.25) is 10.0 Å². The first-order chi connectivity index (χ1) is 9.38. The minimum Gasteiger partial charge on any atom is -0.397 e. The van der Waals surface area contributed by atoms with Gasteiger partial charge < -0.3 is 11.1 Å². The number of benzene rings is 1. The van der Waals surface area contributed by atoms with Crippen LogP contribution in [0.4, 0.5) is 5.69 Å². The highest BCUT2D eigenvalue weighted by Gasteiger charge is 2.27. The third-order valence-electron chi connectivity index (χ3n) is 4.07. The Labute approximate surface area is 129 Å². The van der Waals surface area contributed by atoms with Crippen LogP contribution < -0.4 is 11.1 Å². The van der Waals surface area contributed by atoms with E-state index in [0.717, 1.165) is 25.2 Å². The molecule has 3 nitrogen and oxygen atoms in total. The molecule has 0 aromatic heterocycles. The van der Waals surface area contributed by atoms with Gasteiger partial charge in [-0.1, -0.05) is 37.0 Å². The number of rotatable bonds is 2. The average Bonchev–Trinajstić information content (AvgIpc) is 2.38. The Morgan fingerprint density at radius 3 is 2.60 bits per heavy atom. The summed E-state index contributed by atoms with van der Waals surface area (Å²) in [4.78, 5) is 12.3. The summed E-state index contributed by atoms with van der Waals surface area (Å²) >= 11 is 11.9. The molecular formula is C15H20Cl2N2O. The van der Waals surface area contributed by atoms with Gasteiger partial charge in [-0.25, -0.2) is 0 Å². The van der Waals surface area contributed by atoms with Crippen molar-refractivity contribution in [3.8, 4) is 0 Å². The number of hydrogen-bond acceptors (Lipinski definition) is 2. The van der Waals surface area contributed by atoms with E-state index in [0.29, 0.717) is 27.2 Å². The van der Waals surface area contributed by atoms with Crippen LogP contribution in [0.3, 0.4) is 0 Å². The number of anilines is 1. The molecule has 0 heterocycles. The molecule has 1 saturated carbocycles. The van der Waals surface area contributed by atoms with E-state index in [-0.39, 0.29) is 11.9 Å². The number of hydrogen-bond donors (Lipinski definition) is 2. The number of carbonyl (C=O) groups is 1. The van der Waals surface area contributed by atoms with Crippen molar-refractivity contribution in [2.24, 2.45) is 11.8 Å². The zero-order valence-electron chi connectivity index (χ0n) is 11.7. The van der Waals surface area contributed by atoms with Crippen LogP contribution in [0.5, 0.6) is 0 Å². The summed E-state index contributed by atoms with van der Waals surface area (Å²) in [6, 6.07) is 3.35. The van der Waals surface area contributed by atoms with E-state index in [1.165, 1.54) is 0 Å². The molecule has 3 unspecified atom stereocenters. The van der Waals surface area contributed by atoms with E-state index in [2.05, 4.69) is 19.2 Å². The molecule has 1 amide bonds. The molecule has 2 rings (SSSR count). The molecule has 1 aliphatic carbocycles. The van der Waals surface area contributed by atoms with E-state index >= 15 is 0 Å². The van der Waals surface area contributed by atoms with Crippen molar-refractivity contribution in [1.29, 1.82) is 0 Å². The molecule has 0 bridgehead atoms. The quantitative estimate of drug-likeness (QED) is 0.806. The van der Waals surface area contributed by atoms with Crippen LogP contribution in [0.25, 0.3) is 0 Å². The molecule has 110 valence electrons. The molecule has 1 aliphatic rings. The maximum absolute atomic E-state index is 12.3. The number of nitrogens with one attached hydrogen (secondary N) is 1. The van der Waals surface area contributed by atoms with Crippen molar-refractivity contribution < 1.29 is 4.79 Å². The summed E-state index contributed by atoms with van der Waals surface area (Å²) in [5, 5.41) is 3.69. The largest absolute Gasteiger partial charge is 0.397 e. The lowest BCUT2D eigenvalue weighted by molar-refractivity contribution is 0.0899. The van der Waals surface area contributed by atoms with Crippen molar-refractivity contribution in [2.45, 2.75) is 39.2 Å². The third kappa shape index (κ3) is 3.39. The molecule has 1 fully saturated rings. The standard InChI is InChI=1S/C15H20Cl2N2O/c1-8-3-4-13(9(2)5-8)19-15(20)10-6-11(16)14(17)12(18)7-10/h6-9,13H,3-5,18H2,1-2H3,(H,19,20). The van der Waals surface area contributed by atoms with Crippen LogP contribution >= 0.6 is 23.2 Å². The van der Waals surface area contributed by atoms with Gasteiger partial charge in [0.05, 0.1) is 15.7 Å². The first kappa shape index (κ1) is 15.5. The van der Waals surface area contributed by atoms with Crippen molar-refractivity contribution in [2.75, 3.05) is 5.73 Å². The number of halogens is 2. The van der Waals surface area contributed by atoms with Gasteiger partial charge in [-0.15, -0.1) is 0 Å². The smallest absolute Gasteiger partial charge is 0.251 e. The molecule has 1 aromatic carbocycles. The molecule has 0 radical (unpaired) electrons. The molecule has 0 saturated heterocycles. The number of carbonyl (C=O) groups excluding carboxylic acids is 1. The first-order valence-corrected chi connectivity index (χ1v) is 7.69. The number of nitrogen functional groups attached to an aromatic ring is 1. The monoisotopic (exact) mass is 314 g/mol. The molecule has 1 aromatic rings. The Hall–Kier alpha value is -0.930. The summed E-state index contributed by atoms with van der Waals surface area (Å²) < 4.78 is 0. The van der Waals surface area contributed by atoms with E-state index in [9.17, 15) is 4.79 Å². The van der Waals surface area contributed by atoms with Gasteiger partial charge in [0.25, 0.3) is 5.91 Å². The van der Waals surface area contributed by atoms with E-state index in [1.807, 2.05) is 0 Å². The zero-order valence-corrected chi connectivity index (χ0v) is 13.3. The topological polar surface area (TPSA) is 55.1 Å². The Kier molecular flexibility index (Phi) is 4.82. The Morgan fingerprint density at radius 1 is 1.30 bits per heavy atom. The minimum atomic E-state index is -0.137. The molecule has 5 heteroatoms. The number of amides is 1. The fraction of sp³-hybridized carbons (Fsp3) is 0.533. The van der Waals surface area contributed by atoms with Gasteiger partial charge in [0.2, 0.25) is 0 Å². The minimum absolute atomic E-state index is 0.137. The van der Waals surface area contributed by atoms with Crippen LogP contribution in [0, 0.1) is 11.8 Å². The van der Waals surface area contributed by atoms with Gasteiger partial charge in [-0.05, 0) is 43.2 Å². The van der Waals surface area contributed by atoms with Crippen LogP contribution in [-0.4, -0.2) is 11.9 Å². The second-order valence-corrected chi connectivity index (χ2v) is 6.62. The highest BCUT2D eigenvalue weighted by molar-refractivity contribution is 6.43. The zero-order chi connectivity index (χ0) is 14.9. The first-order valence-electron chi connectivity index (χ1n) is 6.94. The highest BCUT2D eigenvalue weighted by Crippen LogP contribution is 2.31. The lowest BCUT2D eigenvalue weighted by Crippen LogP contribution is -2.42. The number of nitrogens with two attached hydrogens (primary N) is 1. The Bertz CT molecular complexity index is 496. The summed E-state index contributed by atoms with van der Waals surface area (Å²) in [6.45, 7) is 4.44. The predicted molar refractivity (Wildman–Crippen MR) is 84.3 cm³/mol. The molecular weight excluding hydrogens is 295 g/mol. The van der Waals surface area contributed by atoms with Crippen LogP contribution in [-0.2, 0) is 0 Å². The summed E-state index contributed by atoms with van der Waals surface area (Å²) in [7, 11) is 0. The molecule has 0 aliphatic heterocycles. The van der Waals surface area contributed by atoms with Crippen molar-refractivity contribution >= 4 is 34.8 Å². The van der Waals surface area contributed by atoms with E-state index in [1.54, 1.807) is 12.1 Å². The lowest BCUT2D eigenvalue weighted by atomic mass is 9.80. The molecule has 3 N–H and O–H groups in total. The van der Waals surface area contributed by atoms with Crippen LogP contribution in [0.1, 0.15) is 43.5 Å². The third-order valence-corrected chi connectivity index (χ3v) is 4.88. The van der Waals surface area contributed by atoms with Gasteiger partial charge in [0, 0.05) is 11.6 Å². The molecule has 0 spiro atoms. The lowest BCUT2D eigenvalue weighted by Gasteiger charge is -2.33. The Morgan fingerprint density at radius 2 is 2.00 bits per heavy atom. The van der Waals surface area contributed by atoms with Gasteiger partial charge in [0.1, 0.15) is 0 Å². The van der Waals surface area contributed by atoms with Crippen molar-refractivity contribution in [3.63, 3.8) is 0 Å². The molecule has 3 atom stereocenters. The maximum Gasteiger partial charge on any atom is 0.251 e. The summed E-state index contributed by atoms with van der Waals surface area (Å²) in [5.74, 6) is 1.09. The van der Waals surface area contributed by atoms with Gasteiger partial charge in [-0.3, -0.25) is 4.79 Å².